The van der Waals surface area contributed by atoms with Gasteiger partial charge in [0.25, 0.3) is 0 Å². The van der Waals surface area contributed by atoms with Crippen molar-refractivity contribution in [2.24, 2.45) is 0 Å². The van der Waals surface area contributed by atoms with E-state index in [0.717, 1.165) is 34.4 Å². The summed E-state index contributed by atoms with van der Waals surface area (Å²) < 4.78 is 2.02. The summed E-state index contributed by atoms with van der Waals surface area (Å²) in [6, 6.07) is 14.3. The van der Waals surface area contributed by atoms with Crippen LogP contribution in [0, 0.1) is 0 Å². The number of aliphatic hydroxyl groups excluding tert-OH is 1. The van der Waals surface area contributed by atoms with Crippen LogP contribution in [0.2, 0.25) is 0 Å². The first-order chi connectivity index (χ1) is 16.6. The average Bonchev–Trinajstić information content (AvgIpc) is 3.32. The van der Waals surface area contributed by atoms with Crippen LogP contribution >= 0.6 is 0 Å². The van der Waals surface area contributed by atoms with Gasteiger partial charge < -0.3 is 20.3 Å². The average molecular weight is 462 g/mol. The van der Waals surface area contributed by atoms with Crippen LogP contribution in [0.4, 0.5) is 11.8 Å². The first-order valence-corrected chi connectivity index (χ1v) is 11.9. The number of anilines is 2. The van der Waals surface area contributed by atoms with Gasteiger partial charge in [-0.05, 0) is 38.0 Å². The Morgan fingerprint density at radius 2 is 1.76 bits per heavy atom. The summed E-state index contributed by atoms with van der Waals surface area (Å²) in [6.45, 7) is 10.8. The van der Waals surface area contributed by atoms with E-state index in [1.807, 2.05) is 43.5 Å². The molecule has 3 heterocycles. The third kappa shape index (κ3) is 5.88. The van der Waals surface area contributed by atoms with Gasteiger partial charge in [0.2, 0.25) is 5.95 Å². The van der Waals surface area contributed by atoms with Gasteiger partial charge in [-0.1, -0.05) is 51.1 Å². The molecule has 0 amide bonds. The minimum absolute atomic E-state index is 0.0206. The number of nitrogens with zero attached hydrogens (tertiary/aromatic N) is 5. The van der Waals surface area contributed by atoms with Crippen molar-refractivity contribution in [1.29, 1.82) is 0 Å². The molecule has 0 spiro atoms. The summed E-state index contributed by atoms with van der Waals surface area (Å²) in [6.07, 6.45) is 4.36. The molecule has 4 aromatic rings. The summed E-state index contributed by atoms with van der Waals surface area (Å²) in [7, 11) is 0. The van der Waals surface area contributed by atoms with Gasteiger partial charge in [0, 0.05) is 24.3 Å². The molecule has 1 aromatic carbocycles. The largest absolute Gasteiger partial charge is 0.394 e. The lowest BCUT2D eigenvalue weighted by atomic mass is 10.1. The highest BCUT2D eigenvalue weighted by Crippen LogP contribution is 2.25. The molecule has 8 heteroatoms. The number of aromatic nitrogens is 5. The molecule has 0 aliphatic heterocycles. The minimum Gasteiger partial charge on any atom is -0.394 e. The van der Waals surface area contributed by atoms with E-state index in [4.69, 9.17) is 0 Å². The zero-order valence-corrected chi connectivity index (χ0v) is 20.7. The standard InChI is InChI=1S/C24H29N7O.C2H6/c1-4-19(14-32)28-24-29-22(21-23(30-24)31(15-27-21)16(2)3)26-13-17-8-10-18(11-9-17)20-7-5-6-12-25-20;1-2/h5-12,15-16,19,32H,4,13-14H2,1-3H3,(H2,26,28,29,30);1-2H3. The lowest BCUT2D eigenvalue weighted by Crippen LogP contribution is -2.24. The van der Waals surface area contributed by atoms with E-state index >= 15 is 0 Å². The number of imidazole rings is 1. The monoisotopic (exact) mass is 461 g/mol. The molecular weight excluding hydrogens is 426 g/mol. The topological polar surface area (TPSA) is 101 Å². The van der Waals surface area contributed by atoms with Crippen molar-refractivity contribution < 1.29 is 5.11 Å². The lowest BCUT2D eigenvalue weighted by molar-refractivity contribution is 0.271. The Bertz CT molecular complexity index is 1150. The van der Waals surface area contributed by atoms with Gasteiger partial charge in [0.15, 0.2) is 17.0 Å². The van der Waals surface area contributed by atoms with Crippen LogP contribution in [0.15, 0.2) is 55.0 Å². The van der Waals surface area contributed by atoms with E-state index in [9.17, 15) is 5.11 Å². The Labute approximate surface area is 201 Å². The number of hydrogen-bond donors (Lipinski definition) is 3. The van der Waals surface area contributed by atoms with Crippen molar-refractivity contribution in [3.63, 3.8) is 0 Å². The van der Waals surface area contributed by atoms with Crippen LogP contribution in [0.5, 0.6) is 0 Å². The van der Waals surface area contributed by atoms with Gasteiger partial charge in [0.05, 0.1) is 24.7 Å². The molecule has 0 saturated heterocycles. The smallest absolute Gasteiger partial charge is 0.227 e. The Morgan fingerprint density at radius 3 is 2.38 bits per heavy atom. The predicted molar refractivity (Wildman–Crippen MR) is 139 cm³/mol. The summed E-state index contributed by atoms with van der Waals surface area (Å²) in [5.74, 6) is 1.15. The van der Waals surface area contributed by atoms with Crippen LogP contribution in [-0.4, -0.2) is 42.3 Å². The Morgan fingerprint density at radius 1 is 1.00 bits per heavy atom. The molecule has 180 valence electrons. The maximum absolute atomic E-state index is 9.57. The molecule has 0 aliphatic rings. The maximum Gasteiger partial charge on any atom is 0.227 e. The molecule has 0 radical (unpaired) electrons. The van der Waals surface area contributed by atoms with Gasteiger partial charge in [-0.15, -0.1) is 0 Å². The van der Waals surface area contributed by atoms with Crippen molar-refractivity contribution in [2.75, 3.05) is 17.2 Å². The van der Waals surface area contributed by atoms with Gasteiger partial charge >= 0.3 is 0 Å². The zero-order chi connectivity index (χ0) is 24.5. The fourth-order valence-electron chi connectivity index (χ4n) is 3.45. The summed E-state index contributed by atoms with van der Waals surface area (Å²) >= 11 is 0. The fraction of sp³-hybridized carbons (Fsp3) is 0.385. The molecule has 0 aliphatic carbocycles. The van der Waals surface area contributed by atoms with E-state index in [2.05, 4.69) is 68.7 Å². The van der Waals surface area contributed by atoms with Crippen molar-refractivity contribution in [3.8, 4) is 11.3 Å². The molecule has 34 heavy (non-hydrogen) atoms. The van der Waals surface area contributed by atoms with Crippen molar-refractivity contribution >= 4 is 22.9 Å². The SMILES string of the molecule is CC.CCC(CO)Nc1nc(NCc2ccc(-c3ccccn3)cc2)c2ncn(C(C)C)c2n1. The van der Waals surface area contributed by atoms with Crippen molar-refractivity contribution in [1.82, 2.24) is 24.5 Å². The lowest BCUT2D eigenvalue weighted by Gasteiger charge is -2.16. The van der Waals surface area contributed by atoms with E-state index in [-0.39, 0.29) is 18.7 Å². The maximum atomic E-state index is 9.57. The van der Waals surface area contributed by atoms with Gasteiger partial charge in [0.1, 0.15) is 0 Å². The zero-order valence-electron chi connectivity index (χ0n) is 20.7. The second kappa shape index (κ2) is 12.1. The highest BCUT2D eigenvalue weighted by molar-refractivity contribution is 5.84. The molecule has 8 nitrogen and oxygen atoms in total. The Hall–Kier alpha value is -3.52. The van der Waals surface area contributed by atoms with Crippen LogP contribution in [0.1, 0.15) is 52.6 Å². The Balaban J connectivity index is 0.00000158. The fourth-order valence-corrected chi connectivity index (χ4v) is 3.45. The number of hydrogen-bond acceptors (Lipinski definition) is 7. The van der Waals surface area contributed by atoms with Crippen LogP contribution in [0.3, 0.4) is 0 Å². The molecule has 0 saturated carbocycles. The molecule has 1 atom stereocenters. The number of benzene rings is 1. The van der Waals surface area contributed by atoms with E-state index in [1.54, 1.807) is 12.5 Å². The summed E-state index contributed by atoms with van der Waals surface area (Å²) in [5.41, 5.74) is 4.64. The van der Waals surface area contributed by atoms with E-state index < -0.39 is 0 Å². The van der Waals surface area contributed by atoms with Crippen molar-refractivity contribution in [3.05, 3.63) is 60.6 Å². The minimum atomic E-state index is -0.102. The highest BCUT2D eigenvalue weighted by atomic mass is 16.3. The molecule has 0 fully saturated rings. The number of nitrogens with one attached hydrogen (secondary N) is 2. The quantitative estimate of drug-likeness (QED) is 0.311. The number of aliphatic hydroxyl groups is 1. The predicted octanol–water partition coefficient (Wildman–Crippen LogP) is 5.29. The van der Waals surface area contributed by atoms with Crippen molar-refractivity contribution in [2.45, 2.75) is 59.7 Å². The number of pyridine rings is 1. The van der Waals surface area contributed by atoms with Gasteiger partial charge in [-0.2, -0.15) is 9.97 Å². The summed E-state index contributed by atoms with van der Waals surface area (Å²) in [4.78, 5) is 18.3. The second-order valence-corrected chi connectivity index (χ2v) is 8.01. The van der Waals surface area contributed by atoms with Crippen LogP contribution in [0.25, 0.3) is 22.4 Å². The molecule has 1 unspecified atom stereocenters. The number of fused-ring (bicyclic) bond motifs is 1. The molecule has 0 bridgehead atoms. The van der Waals surface area contributed by atoms with E-state index in [0.29, 0.717) is 18.3 Å². The third-order valence-corrected chi connectivity index (χ3v) is 5.40. The highest BCUT2D eigenvalue weighted by Gasteiger charge is 2.16. The van der Waals surface area contributed by atoms with E-state index in [1.165, 1.54) is 0 Å². The number of rotatable bonds is 9. The first-order valence-electron chi connectivity index (χ1n) is 11.9. The molecule has 3 aromatic heterocycles. The first kappa shape index (κ1) is 25.1. The van der Waals surface area contributed by atoms with Gasteiger partial charge in [-0.25, -0.2) is 4.98 Å². The normalized spacial score (nSPS) is 11.7. The molecule has 3 N–H and O–H groups in total. The molecular formula is C26H35N7O. The van der Waals surface area contributed by atoms with Crippen LogP contribution < -0.4 is 10.6 Å². The summed E-state index contributed by atoms with van der Waals surface area (Å²) in [5, 5.41) is 16.2. The van der Waals surface area contributed by atoms with Crippen LogP contribution in [-0.2, 0) is 6.54 Å². The third-order valence-electron chi connectivity index (χ3n) is 5.40. The molecule has 4 rings (SSSR count). The Kier molecular flexibility index (Phi) is 8.93. The van der Waals surface area contributed by atoms with Gasteiger partial charge in [-0.3, -0.25) is 4.98 Å². The second-order valence-electron chi connectivity index (χ2n) is 8.01.